The van der Waals surface area contributed by atoms with Gasteiger partial charge in [-0.3, -0.25) is 9.59 Å². The molecule has 2 amide bonds. The number of hydrogen-bond donors (Lipinski definition) is 1. The van der Waals surface area contributed by atoms with Crippen LogP contribution in [0.3, 0.4) is 0 Å². The third-order valence-corrected chi connectivity index (χ3v) is 4.27. The lowest BCUT2D eigenvalue weighted by Crippen LogP contribution is -2.30. The number of halogens is 2. The number of nitrogens with two attached hydrogens (primary N) is 1. The molecule has 1 aliphatic heterocycles. The number of carbonyl (C=O) groups is 2. The molecule has 26 heavy (non-hydrogen) atoms. The molecule has 0 spiro atoms. The SMILES string of the molecule is CC1=NN(c2c(Cl)cccc2Cl)C(=O)C1N=Nc1cccc(C(N)=O)c1. The summed E-state index contributed by atoms with van der Waals surface area (Å²) in [6.45, 7) is 1.66. The van der Waals surface area contributed by atoms with Crippen molar-refractivity contribution in [3.05, 3.63) is 58.1 Å². The first-order valence-electron chi connectivity index (χ1n) is 7.52. The zero-order chi connectivity index (χ0) is 18.8. The molecule has 0 radical (unpaired) electrons. The smallest absolute Gasteiger partial charge is 0.280 e. The van der Waals surface area contributed by atoms with E-state index in [1.54, 1.807) is 43.3 Å². The van der Waals surface area contributed by atoms with E-state index in [1.807, 2.05) is 0 Å². The summed E-state index contributed by atoms with van der Waals surface area (Å²) < 4.78 is 0. The first kappa shape index (κ1) is 18.0. The highest BCUT2D eigenvalue weighted by atomic mass is 35.5. The molecule has 0 saturated heterocycles. The molecule has 0 saturated carbocycles. The van der Waals surface area contributed by atoms with Crippen LogP contribution in [-0.4, -0.2) is 23.6 Å². The summed E-state index contributed by atoms with van der Waals surface area (Å²) in [4.78, 5) is 23.9. The van der Waals surface area contributed by atoms with Crippen molar-refractivity contribution in [3.63, 3.8) is 0 Å². The number of hydrogen-bond acceptors (Lipinski definition) is 5. The van der Waals surface area contributed by atoms with Crippen LogP contribution in [0.5, 0.6) is 0 Å². The van der Waals surface area contributed by atoms with Gasteiger partial charge in [0.1, 0.15) is 5.69 Å². The Morgan fingerprint density at radius 2 is 1.85 bits per heavy atom. The molecule has 2 aromatic carbocycles. The van der Waals surface area contributed by atoms with Crippen molar-refractivity contribution < 1.29 is 9.59 Å². The van der Waals surface area contributed by atoms with Crippen molar-refractivity contribution >= 4 is 52.1 Å². The second-order valence-corrected chi connectivity index (χ2v) is 6.31. The minimum absolute atomic E-state index is 0.300. The van der Waals surface area contributed by atoms with Crippen LogP contribution in [0.1, 0.15) is 17.3 Å². The van der Waals surface area contributed by atoms with Crippen LogP contribution in [0.4, 0.5) is 11.4 Å². The van der Waals surface area contributed by atoms with E-state index < -0.39 is 17.9 Å². The maximum Gasteiger partial charge on any atom is 0.280 e. The maximum absolute atomic E-state index is 12.7. The molecular weight excluding hydrogens is 377 g/mol. The van der Waals surface area contributed by atoms with Crippen molar-refractivity contribution in [1.82, 2.24) is 0 Å². The number of anilines is 1. The highest BCUT2D eigenvalue weighted by molar-refractivity contribution is 6.40. The number of benzene rings is 2. The Labute approximate surface area is 159 Å². The van der Waals surface area contributed by atoms with E-state index in [1.165, 1.54) is 6.07 Å². The number of primary amides is 1. The number of carbonyl (C=O) groups excluding carboxylic acids is 2. The highest BCUT2D eigenvalue weighted by Crippen LogP contribution is 2.36. The number of amides is 2. The molecule has 9 heteroatoms. The lowest BCUT2D eigenvalue weighted by atomic mass is 10.2. The Morgan fingerprint density at radius 1 is 1.19 bits per heavy atom. The van der Waals surface area contributed by atoms with Crippen LogP contribution >= 0.6 is 23.2 Å². The van der Waals surface area contributed by atoms with E-state index in [0.717, 1.165) is 5.01 Å². The molecular formula is C17H13Cl2N5O2. The van der Waals surface area contributed by atoms with Crippen LogP contribution in [-0.2, 0) is 4.79 Å². The van der Waals surface area contributed by atoms with Crippen molar-refractivity contribution in [3.8, 4) is 0 Å². The Morgan fingerprint density at radius 3 is 2.50 bits per heavy atom. The summed E-state index contributed by atoms with van der Waals surface area (Å²) >= 11 is 12.3. The first-order valence-corrected chi connectivity index (χ1v) is 8.28. The Balaban J connectivity index is 1.87. The molecule has 0 bridgehead atoms. The van der Waals surface area contributed by atoms with Gasteiger partial charge in [-0.2, -0.15) is 20.3 Å². The summed E-state index contributed by atoms with van der Waals surface area (Å²) in [6.07, 6.45) is 0. The number of nitrogens with zero attached hydrogens (tertiary/aromatic N) is 4. The van der Waals surface area contributed by atoms with Gasteiger partial charge in [-0.05, 0) is 37.3 Å². The van der Waals surface area contributed by atoms with Gasteiger partial charge in [0.25, 0.3) is 5.91 Å². The average Bonchev–Trinajstić information content (AvgIpc) is 2.87. The fourth-order valence-electron chi connectivity index (χ4n) is 2.39. The van der Waals surface area contributed by atoms with Crippen LogP contribution in [0.2, 0.25) is 10.0 Å². The van der Waals surface area contributed by atoms with Crippen molar-refractivity contribution in [2.45, 2.75) is 13.0 Å². The third kappa shape index (κ3) is 3.44. The summed E-state index contributed by atoms with van der Waals surface area (Å²) in [5.41, 5.74) is 6.68. The van der Waals surface area contributed by atoms with Gasteiger partial charge in [0.15, 0.2) is 6.04 Å². The lowest BCUT2D eigenvalue weighted by Gasteiger charge is -2.15. The molecule has 1 atom stereocenters. The van der Waals surface area contributed by atoms with Crippen LogP contribution in [0, 0.1) is 0 Å². The Bertz CT molecular complexity index is 938. The number of para-hydroxylation sites is 1. The summed E-state index contributed by atoms with van der Waals surface area (Å²) in [6, 6.07) is 10.3. The van der Waals surface area contributed by atoms with Gasteiger partial charge >= 0.3 is 0 Å². The molecule has 132 valence electrons. The second-order valence-electron chi connectivity index (χ2n) is 5.49. The lowest BCUT2D eigenvalue weighted by molar-refractivity contribution is -0.117. The fraction of sp³-hybridized carbons (Fsp3) is 0.118. The Hall–Kier alpha value is -2.77. The van der Waals surface area contributed by atoms with Gasteiger partial charge < -0.3 is 5.73 Å². The van der Waals surface area contributed by atoms with Gasteiger partial charge in [-0.1, -0.05) is 35.3 Å². The fourth-order valence-corrected chi connectivity index (χ4v) is 2.94. The van der Waals surface area contributed by atoms with Crippen molar-refractivity contribution in [2.75, 3.05) is 5.01 Å². The molecule has 0 fully saturated rings. The van der Waals surface area contributed by atoms with Gasteiger partial charge in [0.2, 0.25) is 5.91 Å². The largest absolute Gasteiger partial charge is 0.366 e. The monoisotopic (exact) mass is 389 g/mol. The molecule has 1 heterocycles. The van der Waals surface area contributed by atoms with Gasteiger partial charge in [-0.15, -0.1) is 0 Å². The number of hydrazone groups is 1. The molecule has 7 nitrogen and oxygen atoms in total. The molecule has 2 aromatic rings. The van der Waals surface area contributed by atoms with Gasteiger partial charge in [0.05, 0.1) is 21.4 Å². The molecule has 0 aliphatic carbocycles. The predicted molar refractivity (Wildman–Crippen MR) is 100 cm³/mol. The zero-order valence-corrected chi connectivity index (χ0v) is 15.1. The zero-order valence-electron chi connectivity index (χ0n) is 13.6. The maximum atomic E-state index is 12.7. The average molecular weight is 390 g/mol. The Kier molecular flexibility index (Phi) is 5.01. The first-order chi connectivity index (χ1) is 12.4. The second kappa shape index (κ2) is 7.23. The minimum atomic E-state index is -0.903. The topological polar surface area (TPSA) is 100 Å². The molecule has 2 N–H and O–H groups in total. The van der Waals surface area contributed by atoms with Crippen molar-refractivity contribution in [2.24, 2.45) is 21.1 Å². The van der Waals surface area contributed by atoms with E-state index in [4.69, 9.17) is 28.9 Å². The van der Waals surface area contributed by atoms with Gasteiger partial charge in [0, 0.05) is 5.56 Å². The molecule has 1 unspecified atom stereocenters. The molecule has 1 aliphatic rings. The summed E-state index contributed by atoms with van der Waals surface area (Å²) in [7, 11) is 0. The number of rotatable bonds is 4. The standard InChI is InChI=1S/C17H13Cl2N5O2/c1-9-14(22-21-11-5-2-4-10(8-11)16(20)25)17(26)24(23-9)15-12(18)6-3-7-13(15)19/h2-8,14H,1H3,(H2,20,25). The van der Waals surface area contributed by atoms with Gasteiger partial charge in [-0.25, -0.2) is 0 Å². The van der Waals surface area contributed by atoms with Crippen LogP contribution in [0.25, 0.3) is 0 Å². The number of azo groups is 1. The third-order valence-electron chi connectivity index (χ3n) is 3.66. The van der Waals surface area contributed by atoms with E-state index >= 15 is 0 Å². The summed E-state index contributed by atoms with van der Waals surface area (Å²) in [5, 5.41) is 14.0. The highest BCUT2D eigenvalue weighted by Gasteiger charge is 2.36. The predicted octanol–water partition coefficient (Wildman–Crippen LogP) is 3.97. The molecule has 0 aromatic heterocycles. The summed E-state index contributed by atoms with van der Waals surface area (Å²) in [5.74, 6) is -0.997. The van der Waals surface area contributed by atoms with E-state index in [9.17, 15) is 9.59 Å². The van der Waals surface area contributed by atoms with E-state index in [0.29, 0.717) is 32.7 Å². The quantitative estimate of drug-likeness (QED) is 0.799. The minimum Gasteiger partial charge on any atom is -0.366 e. The normalized spacial score (nSPS) is 17.0. The molecule has 3 rings (SSSR count). The van der Waals surface area contributed by atoms with Crippen LogP contribution in [0.15, 0.2) is 57.8 Å². The van der Waals surface area contributed by atoms with E-state index in [-0.39, 0.29) is 0 Å². The van der Waals surface area contributed by atoms with Crippen molar-refractivity contribution in [1.29, 1.82) is 0 Å². The van der Waals surface area contributed by atoms with E-state index in [2.05, 4.69) is 15.3 Å². The van der Waals surface area contributed by atoms with Crippen LogP contribution < -0.4 is 10.7 Å².